The third-order valence-corrected chi connectivity index (χ3v) is 13.8. The first-order valence-electron chi connectivity index (χ1n) is 11.3. The summed E-state index contributed by atoms with van der Waals surface area (Å²) in [6, 6.07) is 34.0. The van der Waals surface area contributed by atoms with Crippen LogP contribution in [0.5, 0.6) is 0 Å². The van der Waals surface area contributed by atoms with E-state index in [1.54, 1.807) is 0 Å². The average Bonchev–Trinajstić information content (AvgIpc) is 3.40. The summed E-state index contributed by atoms with van der Waals surface area (Å²) in [5.41, 5.74) is 8.73. The van der Waals surface area contributed by atoms with Gasteiger partial charge in [-0.25, -0.2) is 0 Å². The van der Waals surface area contributed by atoms with Crippen LogP contribution >= 0.6 is 43.2 Å². The SMILES string of the molecule is Brc1cccc2c1[CH]([Zr+2][CH]1c3cc4cc(cc(Br)c41)sc1cccc3c1)C(c1ccccc1)=C2.[H-].[H-]. The molecule has 2 aliphatic rings. The summed E-state index contributed by atoms with van der Waals surface area (Å²) in [6.07, 6.45) is 2.44. The van der Waals surface area contributed by atoms with Crippen molar-refractivity contribution in [2.45, 2.75) is 7.25 Å². The molecule has 34 heavy (non-hydrogen) atoms. The summed E-state index contributed by atoms with van der Waals surface area (Å²) in [5, 5.41) is 2.78. The minimum atomic E-state index is -1.06. The Hall–Kier alpha value is -1.58. The molecule has 0 aliphatic heterocycles. The third kappa shape index (κ3) is 3.53. The van der Waals surface area contributed by atoms with Crippen molar-refractivity contribution in [2.24, 2.45) is 0 Å². The molecule has 4 aromatic carbocycles. The van der Waals surface area contributed by atoms with Gasteiger partial charge in [0.15, 0.2) is 0 Å². The van der Waals surface area contributed by atoms with Crippen molar-refractivity contribution in [1.82, 2.24) is 0 Å². The Morgan fingerprint density at radius 1 is 0.676 bits per heavy atom. The van der Waals surface area contributed by atoms with E-state index in [1.807, 2.05) is 11.3 Å². The zero-order valence-corrected chi connectivity index (χ0v) is 24.5. The molecular weight excluding hydrogens is 643 g/mol. The van der Waals surface area contributed by atoms with Crippen LogP contribution in [0.25, 0.3) is 31.8 Å². The number of benzene rings is 4. The smallest absolute Gasteiger partial charge is 1.00 e. The first-order valence-corrected chi connectivity index (χ1v) is 16.5. The van der Waals surface area contributed by atoms with Gasteiger partial charge < -0.3 is 2.85 Å². The first-order chi connectivity index (χ1) is 16.7. The second kappa shape index (κ2) is 8.52. The van der Waals surface area contributed by atoms with Gasteiger partial charge in [0.1, 0.15) is 0 Å². The van der Waals surface area contributed by atoms with Gasteiger partial charge in [-0.05, 0) is 0 Å². The van der Waals surface area contributed by atoms with Gasteiger partial charge in [0.05, 0.1) is 0 Å². The van der Waals surface area contributed by atoms with Crippen LogP contribution in [0.15, 0.2) is 99.9 Å². The molecule has 7 rings (SSSR count). The minimum Gasteiger partial charge on any atom is -1.00 e. The van der Waals surface area contributed by atoms with Crippen LogP contribution in [0.3, 0.4) is 0 Å². The van der Waals surface area contributed by atoms with Crippen LogP contribution in [0.4, 0.5) is 0 Å². The van der Waals surface area contributed by atoms with Gasteiger partial charge in [0, 0.05) is 0 Å². The average molecular weight is 664 g/mol. The van der Waals surface area contributed by atoms with Gasteiger partial charge in [-0.3, -0.25) is 0 Å². The number of rotatable bonds is 3. The summed E-state index contributed by atoms with van der Waals surface area (Å²) < 4.78 is 6.13. The van der Waals surface area contributed by atoms with Crippen molar-refractivity contribution >= 4 is 75.0 Å². The first kappa shape index (κ1) is 21.7. The molecule has 0 N–H and O–H groups in total. The maximum absolute atomic E-state index is 4.00. The van der Waals surface area contributed by atoms with E-state index in [0.29, 0.717) is 7.25 Å². The van der Waals surface area contributed by atoms with E-state index in [1.165, 1.54) is 62.5 Å². The Bertz CT molecular complexity index is 1680. The predicted molar refractivity (Wildman–Crippen MR) is 151 cm³/mol. The van der Waals surface area contributed by atoms with Crippen molar-refractivity contribution in [3.8, 4) is 0 Å². The molecule has 0 spiro atoms. The fraction of sp³-hybridized carbons (Fsp3) is 0.0667. The van der Waals surface area contributed by atoms with Gasteiger partial charge in [-0.2, -0.15) is 0 Å². The van der Waals surface area contributed by atoms with E-state index in [-0.39, 0.29) is 2.85 Å². The Morgan fingerprint density at radius 3 is 2.38 bits per heavy atom. The summed E-state index contributed by atoms with van der Waals surface area (Å²) in [5.74, 6) is 0. The zero-order chi connectivity index (χ0) is 22.8. The van der Waals surface area contributed by atoms with Crippen molar-refractivity contribution in [1.29, 1.82) is 0 Å². The monoisotopic (exact) mass is 660 g/mol. The summed E-state index contributed by atoms with van der Waals surface area (Å²) in [7, 11) is 0. The second-order valence-electron chi connectivity index (χ2n) is 8.88. The molecule has 5 aromatic rings. The molecule has 0 amide bonds. The number of fused-ring (bicyclic) bond motifs is 6. The number of hydrogen-bond acceptors (Lipinski definition) is 1. The quantitative estimate of drug-likeness (QED) is 0.180. The van der Waals surface area contributed by atoms with Crippen molar-refractivity contribution < 1.29 is 26.1 Å². The van der Waals surface area contributed by atoms with Crippen LogP contribution in [0.2, 0.25) is 0 Å². The molecule has 1 aromatic heterocycles. The molecule has 164 valence electrons. The fourth-order valence-electron chi connectivity index (χ4n) is 5.41. The van der Waals surface area contributed by atoms with Gasteiger partial charge in [0.25, 0.3) is 0 Å². The number of allylic oxidation sites excluding steroid dienone is 1. The predicted octanol–water partition coefficient (Wildman–Crippen LogP) is 10.1. The van der Waals surface area contributed by atoms with Crippen LogP contribution in [-0.2, 0) is 23.2 Å². The van der Waals surface area contributed by atoms with Crippen molar-refractivity contribution in [3.05, 3.63) is 128 Å². The Balaban J connectivity index is 0.00000133. The largest absolute Gasteiger partial charge is 1.00 e. The van der Waals surface area contributed by atoms with E-state index >= 15 is 0 Å². The molecule has 0 saturated carbocycles. The molecule has 1 heterocycles. The topological polar surface area (TPSA) is 0 Å². The second-order valence-corrected chi connectivity index (χ2v) is 15.4. The summed E-state index contributed by atoms with van der Waals surface area (Å²) >= 11 is 8.73. The Morgan fingerprint density at radius 2 is 1.50 bits per heavy atom. The molecule has 5 bridgehead atoms. The number of halogens is 2. The van der Waals surface area contributed by atoms with Gasteiger partial charge in [-0.1, -0.05) is 0 Å². The third-order valence-electron chi connectivity index (χ3n) is 6.89. The Kier molecular flexibility index (Phi) is 5.43. The van der Waals surface area contributed by atoms with Crippen LogP contribution < -0.4 is 0 Å². The van der Waals surface area contributed by atoms with Gasteiger partial charge in [0.2, 0.25) is 0 Å². The standard InChI is InChI=1S/C15H8BrS.C15H10Br.Zr.2H/c16-15-8-13-6-11-4-10(7-14(11)15)9-2-1-3-12(5-9)17-13;16-15-8-4-7-12-9-13(10-14(12)15)11-5-2-1-3-6-11;;;/h1-8H;1-10H;;;/q;;+2;2*-1. The van der Waals surface area contributed by atoms with Gasteiger partial charge >= 0.3 is 233 Å². The van der Waals surface area contributed by atoms with E-state index in [4.69, 9.17) is 0 Å². The fourth-order valence-corrected chi connectivity index (χ4v) is 14.2. The van der Waals surface area contributed by atoms with Gasteiger partial charge in [-0.15, -0.1) is 0 Å². The summed E-state index contributed by atoms with van der Waals surface area (Å²) in [6.45, 7) is 0. The van der Waals surface area contributed by atoms with Crippen molar-refractivity contribution in [3.63, 3.8) is 0 Å². The van der Waals surface area contributed by atoms with E-state index in [9.17, 15) is 0 Å². The molecule has 0 saturated heterocycles. The summed E-state index contributed by atoms with van der Waals surface area (Å²) in [4.78, 5) is 0. The minimum absolute atomic E-state index is 0. The molecule has 0 fully saturated rings. The van der Waals surface area contributed by atoms with E-state index in [0.717, 1.165) is 0 Å². The maximum Gasteiger partial charge on any atom is -1.00 e. The molecule has 4 heteroatoms. The zero-order valence-electron chi connectivity index (χ0n) is 20.1. The molecule has 0 nitrogen and oxygen atoms in total. The molecular formula is C30H20Br2SZr. The number of hydrogen-bond donors (Lipinski definition) is 0. The molecule has 2 aliphatic carbocycles. The van der Waals surface area contributed by atoms with Crippen molar-refractivity contribution in [2.75, 3.05) is 0 Å². The van der Waals surface area contributed by atoms with E-state index < -0.39 is 23.2 Å². The molecule has 0 radical (unpaired) electrons. The normalized spacial score (nSPS) is 17.8. The van der Waals surface area contributed by atoms with E-state index in [2.05, 4.69) is 129 Å². The molecule has 2 unspecified atom stereocenters. The maximum atomic E-state index is 4.00. The van der Waals surface area contributed by atoms with Crippen LogP contribution in [-0.4, -0.2) is 0 Å². The Labute approximate surface area is 234 Å². The molecule has 2 atom stereocenters. The van der Waals surface area contributed by atoms with Crippen LogP contribution in [0, 0.1) is 0 Å². The van der Waals surface area contributed by atoms with Crippen LogP contribution in [0.1, 0.15) is 37.9 Å².